The number of hydrogen-bond acceptors (Lipinski definition) is 3. The Morgan fingerprint density at radius 3 is 2.60 bits per heavy atom. The largest absolute Gasteiger partial charge is 0.361 e. The van der Waals surface area contributed by atoms with Gasteiger partial charge in [0.25, 0.3) is 0 Å². The van der Waals surface area contributed by atoms with E-state index in [2.05, 4.69) is 84.6 Å². The summed E-state index contributed by atoms with van der Waals surface area (Å²) in [5.74, 6) is 0.224. The Morgan fingerprint density at radius 2 is 1.87 bits per heavy atom. The van der Waals surface area contributed by atoms with Gasteiger partial charge in [-0.05, 0) is 42.2 Å². The second kappa shape index (κ2) is 8.26. The van der Waals surface area contributed by atoms with Gasteiger partial charge in [-0.1, -0.05) is 56.3 Å². The maximum absolute atomic E-state index is 9.78. The molecule has 4 heteroatoms. The van der Waals surface area contributed by atoms with Gasteiger partial charge in [0.1, 0.15) is 6.07 Å². The smallest absolute Gasteiger partial charge is 0.103 e. The number of nitriles is 1. The van der Waals surface area contributed by atoms with Gasteiger partial charge in [-0.2, -0.15) is 5.26 Å². The third kappa shape index (κ3) is 3.70. The molecule has 4 nitrogen and oxygen atoms in total. The Hall–Kier alpha value is -3.84. The number of benzene rings is 2. The van der Waals surface area contributed by atoms with E-state index in [0.29, 0.717) is 5.56 Å². The van der Waals surface area contributed by atoms with E-state index in [0.717, 1.165) is 44.7 Å². The van der Waals surface area contributed by atoms with Crippen LogP contribution in [0.1, 0.15) is 47.7 Å². The van der Waals surface area contributed by atoms with E-state index in [-0.39, 0.29) is 5.92 Å². The third-order valence-electron chi connectivity index (χ3n) is 5.32. The Morgan fingerprint density at radius 1 is 1.07 bits per heavy atom. The fraction of sp³-hybridized carbons (Fsp3) is 0.154. The molecule has 0 saturated heterocycles. The van der Waals surface area contributed by atoms with E-state index in [9.17, 15) is 5.26 Å². The highest BCUT2D eigenvalue weighted by atomic mass is 14.9. The standard InChI is InChI=1S/C26H24N4/c1-17(2)25-22(10-9-19-7-5-4-6-8-19)26(20(15-27)16-29-25)30-23-11-12-24-21(18(23)3)13-14-28-24/h4-14,16-17,28H,1-3H3,(H,29,30)/b10-9+. The number of aryl methyl sites for hydroxylation is 1. The van der Waals surface area contributed by atoms with Crippen molar-refractivity contribution < 1.29 is 0 Å². The molecule has 2 N–H and O–H groups in total. The van der Waals surface area contributed by atoms with Crippen molar-refractivity contribution in [1.82, 2.24) is 9.97 Å². The highest BCUT2D eigenvalue weighted by molar-refractivity contribution is 5.90. The van der Waals surface area contributed by atoms with Crippen LogP contribution < -0.4 is 5.32 Å². The zero-order valence-corrected chi connectivity index (χ0v) is 17.4. The summed E-state index contributed by atoms with van der Waals surface area (Å²) in [6.07, 6.45) is 7.74. The predicted octanol–water partition coefficient (Wildman–Crippen LogP) is 6.78. The maximum atomic E-state index is 9.78. The number of hydrogen-bond donors (Lipinski definition) is 2. The van der Waals surface area contributed by atoms with Crippen molar-refractivity contribution in [3.05, 3.63) is 88.9 Å². The molecule has 0 amide bonds. The van der Waals surface area contributed by atoms with Crippen molar-refractivity contribution in [2.24, 2.45) is 0 Å². The van der Waals surface area contributed by atoms with Crippen LogP contribution in [0.4, 0.5) is 11.4 Å². The number of nitrogens with one attached hydrogen (secondary N) is 2. The number of aromatic amines is 1. The molecule has 0 aliphatic carbocycles. The van der Waals surface area contributed by atoms with E-state index in [1.54, 1.807) is 6.20 Å². The maximum Gasteiger partial charge on any atom is 0.103 e. The summed E-state index contributed by atoms with van der Waals surface area (Å²) in [4.78, 5) is 7.86. The lowest BCUT2D eigenvalue weighted by atomic mass is 9.98. The molecule has 30 heavy (non-hydrogen) atoms. The topological polar surface area (TPSA) is 64.5 Å². The second-order valence-electron chi connectivity index (χ2n) is 7.66. The SMILES string of the molecule is Cc1c(Nc2c(C#N)cnc(C(C)C)c2/C=C/c2ccccc2)ccc2[nH]ccc12. The lowest BCUT2D eigenvalue weighted by Crippen LogP contribution is -2.05. The van der Waals surface area contributed by atoms with E-state index in [1.165, 1.54) is 0 Å². The Kier molecular flexibility index (Phi) is 5.36. The van der Waals surface area contributed by atoms with Crippen molar-refractivity contribution in [1.29, 1.82) is 5.26 Å². The predicted molar refractivity (Wildman–Crippen MR) is 125 cm³/mol. The number of nitrogens with zero attached hydrogens (tertiary/aromatic N) is 2. The lowest BCUT2D eigenvalue weighted by Gasteiger charge is -2.18. The van der Waals surface area contributed by atoms with Gasteiger partial charge in [-0.25, -0.2) is 0 Å². The van der Waals surface area contributed by atoms with Gasteiger partial charge < -0.3 is 10.3 Å². The summed E-state index contributed by atoms with van der Waals surface area (Å²) >= 11 is 0. The monoisotopic (exact) mass is 392 g/mol. The van der Waals surface area contributed by atoms with Crippen LogP contribution in [-0.2, 0) is 0 Å². The minimum absolute atomic E-state index is 0.224. The number of H-pyrrole nitrogens is 1. The van der Waals surface area contributed by atoms with E-state index >= 15 is 0 Å². The normalized spacial score (nSPS) is 11.3. The highest BCUT2D eigenvalue weighted by Gasteiger charge is 2.17. The highest BCUT2D eigenvalue weighted by Crippen LogP contribution is 2.34. The number of fused-ring (bicyclic) bond motifs is 1. The molecule has 4 aromatic rings. The lowest BCUT2D eigenvalue weighted by molar-refractivity contribution is 0.820. The molecule has 148 valence electrons. The van der Waals surface area contributed by atoms with Crippen LogP contribution in [0, 0.1) is 18.3 Å². The first-order chi connectivity index (χ1) is 14.6. The van der Waals surface area contributed by atoms with Crippen LogP contribution >= 0.6 is 0 Å². The summed E-state index contributed by atoms with van der Waals surface area (Å²) in [6, 6.07) is 18.6. The molecule has 0 unspecified atom stereocenters. The first-order valence-electron chi connectivity index (χ1n) is 10.1. The van der Waals surface area contributed by atoms with Crippen molar-refractivity contribution in [2.75, 3.05) is 5.32 Å². The molecule has 0 fully saturated rings. The summed E-state index contributed by atoms with van der Waals surface area (Å²) in [5.41, 5.74) is 7.55. The van der Waals surface area contributed by atoms with Gasteiger partial charge in [-0.15, -0.1) is 0 Å². The third-order valence-corrected chi connectivity index (χ3v) is 5.32. The molecule has 0 atom stereocenters. The number of rotatable bonds is 5. The van der Waals surface area contributed by atoms with Crippen molar-refractivity contribution in [2.45, 2.75) is 26.7 Å². The molecule has 0 spiro atoms. The molecule has 2 aromatic carbocycles. The number of aromatic nitrogens is 2. The minimum atomic E-state index is 0.224. The fourth-order valence-electron chi connectivity index (χ4n) is 3.69. The molecular weight excluding hydrogens is 368 g/mol. The molecule has 0 aliphatic heterocycles. The molecule has 2 heterocycles. The Labute approximate surface area is 176 Å². The first-order valence-corrected chi connectivity index (χ1v) is 10.1. The van der Waals surface area contributed by atoms with Crippen LogP contribution in [-0.4, -0.2) is 9.97 Å². The van der Waals surface area contributed by atoms with E-state index < -0.39 is 0 Å². The van der Waals surface area contributed by atoms with Gasteiger partial charge in [0.15, 0.2) is 0 Å². The molecule has 0 bridgehead atoms. The van der Waals surface area contributed by atoms with Crippen LogP contribution in [0.5, 0.6) is 0 Å². The van der Waals surface area contributed by atoms with Crippen molar-refractivity contribution in [3.63, 3.8) is 0 Å². The number of anilines is 2. The van der Waals surface area contributed by atoms with E-state index in [4.69, 9.17) is 0 Å². The Bertz CT molecular complexity index is 1260. The summed E-state index contributed by atoms with van der Waals surface area (Å²) in [6.45, 7) is 6.33. The van der Waals surface area contributed by atoms with Gasteiger partial charge in [0, 0.05) is 34.5 Å². The summed E-state index contributed by atoms with van der Waals surface area (Å²) < 4.78 is 0. The molecule has 2 aromatic heterocycles. The van der Waals surface area contributed by atoms with Gasteiger partial charge in [0.2, 0.25) is 0 Å². The van der Waals surface area contributed by atoms with Crippen LogP contribution in [0.3, 0.4) is 0 Å². The van der Waals surface area contributed by atoms with Gasteiger partial charge in [0.05, 0.1) is 16.9 Å². The van der Waals surface area contributed by atoms with Crippen molar-refractivity contribution in [3.8, 4) is 6.07 Å². The molecule has 4 rings (SSSR count). The van der Waals surface area contributed by atoms with Crippen LogP contribution in [0.15, 0.2) is 60.9 Å². The van der Waals surface area contributed by atoms with Crippen molar-refractivity contribution >= 4 is 34.4 Å². The minimum Gasteiger partial charge on any atom is -0.361 e. The molecule has 0 radical (unpaired) electrons. The van der Waals surface area contributed by atoms with E-state index in [1.807, 2.05) is 24.4 Å². The van der Waals surface area contributed by atoms with Crippen LogP contribution in [0.25, 0.3) is 23.1 Å². The Balaban J connectivity index is 1.86. The first kappa shape index (κ1) is 19.5. The second-order valence-corrected chi connectivity index (χ2v) is 7.66. The zero-order valence-electron chi connectivity index (χ0n) is 17.4. The summed E-state index contributed by atoms with van der Waals surface area (Å²) in [7, 11) is 0. The average molecular weight is 393 g/mol. The fourth-order valence-corrected chi connectivity index (χ4v) is 3.69. The van der Waals surface area contributed by atoms with Gasteiger partial charge in [-0.3, -0.25) is 4.98 Å². The molecule has 0 saturated carbocycles. The molecular formula is C26H24N4. The number of pyridine rings is 1. The van der Waals surface area contributed by atoms with Gasteiger partial charge >= 0.3 is 0 Å². The quantitative estimate of drug-likeness (QED) is 0.393. The zero-order chi connectivity index (χ0) is 21.1. The van der Waals surface area contributed by atoms with Crippen LogP contribution in [0.2, 0.25) is 0 Å². The molecule has 0 aliphatic rings. The summed E-state index contributed by atoms with van der Waals surface area (Å²) in [5, 5.41) is 14.5. The average Bonchev–Trinajstić information content (AvgIpc) is 3.24.